The van der Waals surface area contributed by atoms with E-state index in [1.165, 1.54) is 0 Å². The third-order valence-corrected chi connectivity index (χ3v) is 4.07. The summed E-state index contributed by atoms with van der Waals surface area (Å²) in [4.78, 5) is 10.6. The molecule has 76 valence electrons. The fraction of sp³-hybridized carbons (Fsp3) is 0.889. The third-order valence-electron chi connectivity index (χ3n) is 2.71. The Morgan fingerprint density at radius 3 is 2.77 bits per heavy atom. The van der Waals surface area contributed by atoms with Crippen LogP contribution in [0.1, 0.15) is 20.3 Å². The highest BCUT2D eigenvalue weighted by molar-refractivity contribution is 9.09. The summed E-state index contributed by atoms with van der Waals surface area (Å²) in [6, 6.07) is 0. The van der Waals surface area contributed by atoms with Gasteiger partial charge in [-0.2, -0.15) is 0 Å². The number of carbonyl (C=O) groups excluding carboxylic acids is 1. The van der Waals surface area contributed by atoms with Crippen molar-refractivity contribution >= 4 is 22.2 Å². The molecule has 0 saturated carbocycles. The highest BCUT2D eigenvalue weighted by Gasteiger charge is 2.46. The van der Waals surface area contributed by atoms with Gasteiger partial charge in [-0.15, -0.1) is 0 Å². The SMILES string of the molecule is C[C@H](C=O)[C@@H](O)[C@]1(C)OCC[C@H]1Br. The van der Waals surface area contributed by atoms with Crippen LogP contribution in [0.5, 0.6) is 0 Å². The first-order valence-electron chi connectivity index (χ1n) is 4.43. The Balaban J connectivity index is 2.73. The summed E-state index contributed by atoms with van der Waals surface area (Å²) in [7, 11) is 0. The van der Waals surface area contributed by atoms with Crippen molar-refractivity contribution in [3.8, 4) is 0 Å². The normalized spacial score (nSPS) is 38.6. The summed E-state index contributed by atoms with van der Waals surface area (Å²) in [5.41, 5.74) is -0.625. The lowest BCUT2D eigenvalue weighted by atomic mass is 9.88. The van der Waals surface area contributed by atoms with E-state index in [4.69, 9.17) is 4.74 Å². The molecule has 4 atom stereocenters. The van der Waals surface area contributed by atoms with Crippen LogP contribution in [0.2, 0.25) is 0 Å². The molecule has 1 heterocycles. The molecular weight excluding hydrogens is 236 g/mol. The molecule has 0 aromatic heterocycles. The minimum atomic E-state index is -0.739. The number of aliphatic hydroxyl groups is 1. The Morgan fingerprint density at radius 1 is 1.77 bits per heavy atom. The molecule has 0 aliphatic carbocycles. The summed E-state index contributed by atoms with van der Waals surface area (Å²) >= 11 is 3.46. The van der Waals surface area contributed by atoms with Gasteiger partial charge in [-0.05, 0) is 13.3 Å². The van der Waals surface area contributed by atoms with E-state index in [1.54, 1.807) is 6.92 Å². The summed E-state index contributed by atoms with van der Waals surface area (Å²) in [6.07, 6.45) is 0.896. The molecule has 1 aliphatic heterocycles. The van der Waals surface area contributed by atoms with Gasteiger partial charge < -0.3 is 14.6 Å². The fourth-order valence-electron chi connectivity index (χ4n) is 1.63. The minimum Gasteiger partial charge on any atom is -0.389 e. The van der Waals surface area contributed by atoms with E-state index in [1.807, 2.05) is 6.92 Å². The van der Waals surface area contributed by atoms with Crippen LogP contribution in [-0.2, 0) is 9.53 Å². The number of hydrogen-bond donors (Lipinski definition) is 1. The van der Waals surface area contributed by atoms with E-state index in [9.17, 15) is 9.90 Å². The molecule has 0 aromatic rings. The molecule has 1 N–H and O–H groups in total. The van der Waals surface area contributed by atoms with Crippen LogP contribution in [0.3, 0.4) is 0 Å². The quantitative estimate of drug-likeness (QED) is 0.604. The van der Waals surface area contributed by atoms with Gasteiger partial charge in [0.2, 0.25) is 0 Å². The molecular formula is C9H15BrO3. The Bertz CT molecular complexity index is 197. The average Bonchev–Trinajstić information content (AvgIpc) is 2.46. The first-order chi connectivity index (χ1) is 6.02. The number of hydrogen-bond acceptors (Lipinski definition) is 3. The van der Waals surface area contributed by atoms with Crippen molar-refractivity contribution in [3.63, 3.8) is 0 Å². The van der Waals surface area contributed by atoms with Crippen LogP contribution in [0.15, 0.2) is 0 Å². The van der Waals surface area contributed by atoms with E-state index >= 15 is 0 Å². The van der Waals surface area contributed by atoms with Crippen molar-refractivity contribution in [1.29, 1.82) is 0 Å². The van der Waals surface area contributed by atoms with Gasteiger partial charge in [-0.3, -0.25) is 0 Å². The standard InChI is InChI=1S/C9H15BrO3/c1-6(5-11)8(12)9(2)7(10)3-4-13-9/h5-8,12H,3-4H2,1-2H3/t6-,7-,8-,9-/m1/s1. The van der Waals surface area contributed by atoms with Gasteiger partial charge in [0.15, 0.2) is 0 Å². The predicted octanol–water partition coefficient (Wildman–Crippen LogP) is 1.12. The van der Waals surface area contributed by atoms with E-state index in [2.05, 4.69) is 15.9 Å². The smallest absolute Gasteiger partial charge is 0.125 e. The Hall–Kier alpha value is 0.0700. The Kier molecular flexibility index (Phi) is 3.49. The van der Waals surface area contributed by atoms with Crippen molar-refractivity contribution < 1.29 is 14.6 Å². The zero-order valence-corrected chi connectivity index (χ0v) is 9.45. The first kappa shape index (κ1) is 11.1. The summed E-state index contributed by atoms with van der Waals surface area (Å²) < 4.78 is 5.48. The Labute approximate surface area is 86.6 Å². The largest absolute Gasteiger partial charge is 0.389 e. The molecule has 4 heteroatoms. The first-order valence-corrected chi connectivity index (χ1v) is 5.35. The molecule has 1 aliphatic rings. The number of aldehydes is 1. The van der Waals surface area contributed by atoms with Crippen molar-refractivity contribution in [3.05, 3.63) is 0 Å². The van der Waals surface area contributed by atoms with Gasteiger partial charge in [0.05, 0.1) is 6.10 Å². The molecule has 0 spiro atoms. The molecule has 0 aromatic carbocycles. The number of aliphatic hydroxyl groups excluding tert-OH is 1. The zero-order valence-electron chi connectivity index (χ0n) is 7.87. The van der Waals surface area contributed by atoms with Gasteiger partial charge in [0, 0.05) is 17.4 Å². The maximum atomic E-state index is 10.5. The van der Waals surface area contributed by atoms with Gasteiger partial charge in [-0.25, -0.2) is 0 Å². The fourth-order valence-corrected chi connectivity index (χ4v) is 2.22. The highest BCUT2D eigenvalue weighted by Crippen LogP contribution is 2.36. The van der Waals surface area contributed by atoms with Gasteiger partial charge in [0.1, 0.15) is 11.9 Å². The molecule has 13 heavy (non-hydrogen) atoms. The van der Waals surface area contributed by atoms with Crippen LogP contribution >= 0.6 is 15.9 Å². The second-order valence-corrected chi connectivity index (χ2v) is 4.83. The Morgan fingerprint density at radius 2 is 2.38 bits per heavy atom. The van der Waals surface area contributed by atoms with E-state index in [0.29, 0.717) is 6.61 Å². The lowest BCUT2D eigenvalue weighted by Crippen LogP contribution is -2.48. The lowest BCUT2D eigenvalue weighted by Gasteiger charge is -2.34. The topological polar surface area (TPSA) is 46.5 Å². The van der Waals surface area contributed by atoms with E-state index in [-0.39, 0.29) is 10.7 Å². The summed E-state index contributed by atoms with van der Waals surface area (Å²) in [5.74, 6) is -0.386. The third kappa shape index (κ3) is 1.95. The maximum absolute atomic E-state index is 10.5. The van der Waals surface area contributed by atoms with Crippen LogP contribution < -0.4 is 0 Å². The molecule has 3 nitrogen and oxygen atoms in total. The average molecular weight is 251 g/mol. The second-order valence-electron chi connectivity index (χ2n) is 3.73. The van der Waals surface area contributed by atoms with Crippen LogP contribution in [0.4, 0.5) is 0 Å². The number of alkyl halides is 1. The molecule has 0 amide bonds. The van der Waals surface area contributed by atoms with Crippen molar-refractivity contribution in [2.75, 3.05) is 6.61 Å². The molecule has 0 unspecified atom stereocenters. The maximum Gasteiger partial charge on any atom is 0.125 e. The van der Waals surface area contributed by atoms with Gasteiger partial charge in [-0.1, -0.05) is 22.9 Å². The molecule has 0 bridgehead atoms. The van der Waals surface area contributed by atoms with Gasteiger partial charge >= 0.3 is 0 Å². The number of rotatable bonds is 3. The van der Waals surface area contributed by atoms with Crippen LogP contribution in [0, 0.1) is 5.92 Å². The van der Waals surface area contributed by atoms with Crippen molar-refractivity contribution in [1.82, 2.24) is 0 Å². The number of ether oxygens (including phenoxy) is 1. The summed E-state index contributed by atoms with van der Waals surface area (Å²) in [6.45, 7) is 4.17. The summed E-state index contributed by atoms with van der Waals surface area (Å²) in [5, 5.41) is 9.86. The lowest BCUT2D eigenvalue weighted by molar-refractivity contribution is -0.126. The zero-order chi connectivity index (χ0) is 10.1. The molecule has 1 rings (SSSR count). The molecule has 0 radical (unpaired) electrons. The second kappa shape index (κ2) is 4.07. The molecule has 1 saturated heterocycles. The van der Waals surface area contributed by atoms with Gasteiger partial charge in [0.25, 0.3) is 0 Å². The van der Waals surface area contributed by atoms with Crippen molar-refractivity contribution in [2.24, 2.45) is 5.92 Å². The van der Waals surface area contributed by atoms with Crippen LogP contribution in [0.25, 0.3) is 0 Å². The highest BCUT2D eigenvalue weighted by atomic mass is 79.9. The number of halogens is 1. The van der Waals surface area contributed by atoms with E-state index < -0.39 is 11.7 Å². The monoisotopic (exact) mass is 250 g/mol. The van der Waals surface area contributed by atoms with Crippen LogP contribution in [-0.4, -0.2) is 34.5 Å². The molecule has 1 fully saturated rings. The predicted molar refractivity (Wildman–Crippen MR) is 52.9 cm³/mol. The van der Waals surface area contributed by atoms with E-state index in [0.717, 1.165) is 12.7 Å². The van der Waals surface area contributed by atoms with Crippen molar-refractivity contribution in [2.45, 2.75) is 36.8 Å². The number of carbonyl (C=O) groups is 1. The minimum absolute atomic E-state index is 0.123.